The fourth-order valence-electron chi connectivity index (χ4n) is 2.76. The minimum absolute atomic E-state index is 0.0161. The molecule has 2 aromatic carbocycles. The summed E-state index contributed by atoms with van der Waals surface area (Å²) in [5, 5.41) is 6.33. The fraction of sp³-hybridized carbons (Fsp3) is 0.235. The summed E-state index contributed by atoms with van der Waals surface area (Å²) < 4.78 is 0. The molecule has 1 saturated heterocycles. The number of rotatable bonds is 3. The minimum Gasteiger partial charge on any atom is -0.326 e. The highest BCUT2D eigenvalue weighted by Crippen LogP contribution is 2.28. The van der Waals surface area contributed by atoms with Crippen LogP contribution >= 0.6 is 0 Å². The van der Waals surface area contributed by atoms with Crippen molar-refractivity contribution in [2.45, 2.75) is 5.92 Å². The van der Waals surface area contributed by atoms with Crippen LogP contribution in [0.25, 0.3) is 0 Å². The van der Waals surface area contributed by atoms with Crippen molar-refractivity contribution in [3.05, 3.63) is 66.2 Å². The van der Waals surface area contributed by atoms with Crippen molar-refractivity contribution in [2.75, 3.05) is 18.4 Å². The number of nitrogens with one attached hydrogen (secondary N) is 2. The zero-order chi connectivity index (χ0) is 13.8. The van der Waals surface area contributed by atoms with Gasteiger partial charge in [0.1, 0.15) is 0 Å². The lowest BCUT2D eigenvalue weighted by Gasteiger charge is -2.18. The normalized spacial score (nSPS) is 21.6. The van der Waals surface area contributed by atoms with Crippen LogP contribution in [-0.2, 0) is 4.79 Å². The standard InChI is InChI=1S/C17H18N2O/c20-17(19-14-9-5-2-6-10-14)16-12-18-11-15(16)13-7-3-1-4-8-13/h1-10,15-16,18H,11-12H2,(H,19,20)/t15?,16-/m0/s1. The van der Waals surface area contributed by atoms with Gasteiger partial charge in [0.2, 0.25) is 5.91 Å². The molecule has 3 heteroatoms. The molecule has 1 unspecified atom stereocenters. The number of amides is 1. The lowest BCUT2D eigenvalue weighted by molar-refractivity contribution is -0.119. The third-order valence-corrected chi connectivity index (χ3v) is 3.82. The van der Waals surface area contributed by atoms with E-state index in [1.807, 2.05) is 48.5 Å². The maximum atomic E-state index is 12.4. The first-order valence-corrected chi connectivity index (χ1v) is 6.96. The number of anilines is 1. The average Bonchev–Trinajstić information content (AvgIpc) is 2.99. The molecule has 1 fully saturated rings. The van der Waals surface area contributed by atoms with Gasteiger partial charge in [0.05, 0.1) is 5.92 Å². The summed E-state index contributed by atoms with van der Waals surface area (Å²) in [6, 6.07) is 19.9. The largest absolute Gasteiger partial charge is 0.326 e. The summed E-state index contributed by atoms with van der Waals surface area (Å²) in [6.07, 6.45) is 0. The van der Waals surface area contributed by atoms with Gasteiger partial charge in [-0.1, -0.05) is 48.5 Å². The Hall–Kier alpha value is -2.13. The molecular formula is C17H18N2O. The Bertz CT molecular complexity index is 568. The van der Waals surface area contributed by atoms with E-state index in [9.17, 15) is 4.79 Å². The number of carbonyl (C=O) groups excluding carboxylic acids is 1. The van der Waals surface area contributed by atoms with Crippen molar-refractivity contribution in [1.82, 2.24) is 5.32 Å². The van der Waals surface area contributed by atoms with Crippen LogP contribution in [0.1, 0.15) is 11.5 Å². The van der Waals surface area contributed by atoms with Gasteiger partial charge >= 0.3 is 0 Å². The Morgan fingerprint density at radius 1 is 0.950 bits per heavy atom. The second-order valence-electron chi connectivity index (χ2n) is 5.14. The average molecular weight is 266 g/mol. The monoisotopic (exact) mass is 266 g/mol. The Labute approximate surface area is 119 Å². The van der Waals surface area contributed by atoms with Crippen LogP contribution in [0, 0.1) is 5.92 Å². The van der Waals surface area contributed by atoms with Crippen LogP contribution in [0.5, 0.6) is 0 Å². The SMILES string of the molecule is O=C(Nc1ccccc1)[C@H]1CNCC1c1ccccc1. The smallest absolute Gasteiger partial charge is 0.229 e. The third kappa shape index (κ3) is 2.73. The van der Waals surface area contributed by atoms with Crippen LogP contribution in [0.2, 0.25) is 0 Å². The van der Waals surface area contributed by atoms with Crippen LogP contribution in [-0.4, -0.2) is 19.0 Å². The summed E-state index contributed by atoms with van der Waals surface area (Å²) in [5.41, 5.74) is 2.09. The molecule has 0 saturated carbocycles. The molecule has 102 valence electrons. The van der Waals surface area contributed by atoms with Gasteiger partial charge < -0.3 is 10.6 Å². The third-order valence-electron chi connectivity index (χ3n) is 3.82. The van der Waals surface area contributed by atoms with E-state index in [0.29, 0.717) is 0 Å². The van der Waals surface area contributed by atoms with E-state index in [2.05, 4.69) is 22.8 Å². The summed E-state index contributed by atoms with van der Waals surface area (Å²) >= 11 is 0. The molecule has 0 bridgehead atoms. The molecule has 3 rings (SSSR count). The van der Waals surface area contributed by atoms with Crippen molar-refractivity contribution >= 4 is 11.6 Å². The van der Waals surface area contributed by atoms with E-state index >= 15 is 0 Å². The molecule has 2 atom stereocenters. The molecule has 0 aromatic heterocycles. The molecule has 2 aromatic rings. The van der Waals surface area contributed by atoms with Gasteiger partial charge in [0.25, 0.3) is 0 Å². The van der Waals surface area contributed by atoms with Crippen LogP contribution in [0.15, 0.2) is 60.7 Å². The Morgan fingerprint density at radius 2 is 1.60 bits per heavy atom. The van der Waals surface area contributed by atoms with E-state index < -0.39 is 0 Å². The molecular weight excluding hydrogens is 248 g/mol. The molecule has 3 nitrogen and oxygen atoms in total. The van der Waals surface area contributed by atoms with Gasteiger partial charge in [-0.15, -0.1) is 0 Å². The summed E-state index contributed by atoms with van der Waals surface area (Å²) in [7, 11) is 0. The number of para-hydroxylation sites is 1. The molecule has 1 aliphatic rings. The quantitative estimate of drug-likeness (QED) is 0.896. The van der Waals surface area contributed by atoms with Gasteiger partial charge in [-0.25, -0.2) is 0 Å². The second kappa shape index (κ2) is 5.88. The van der Waals surface area contributed by atoms with Crippen molar-refractivity contribution in [1.29, 1.82) is 0 Å². The zero-order valence-corrected chi connectivity index (χ0v) is 11.3. The molecule has 0 aliphatic carbocycles. The first kappa shape index (κ1) is 12.9. The number of benzene rings is 2. The lowest BCUT2D eigenvalue weighted by Crippen LogP contribution is -2.28. The molecule has 2 N–H and O–H groups in total. The van der Waals surface area contributed by atoms with Crippen molar-refractivity contribution in [2.24, 2.45) is 5.92 Å². The van der Waals surface area contributed by atoms with Gasteiger partial charge in [0, 0.05) is 24.7 Å². The highest BCUT2D eigenvalue weighted by Gasteiger charge is 2.33. The van der Waals surface area contributed by atoms with E-state index in [-0.39, 0.29) is 17.7 Å². The number of carbonyl (C=O) groups is 1. The fourth-order valence-corrected chi connectivity index (χ4v) is 2.76. The predicted octanol–water partition coefficient (Wildman–Crippen LogP) is 2.63. The maximum absolute atomic E-state index is 12.4. The molecule has 1 heterocycles. The Balaban J connectivity index is 1.74. The van der Waals surface area contributed by atoms with Gasteiger partial charge in [-0.2, -0.15) is 0 Å². The van der Waals surface area contributed by atoms with Crippen molar-refractivity contribution < 1.29 is 4.79 Å². The predicted molar refractivity (Wildman–Crippen MR) is 80.6 cm³/mol. The zero-order valence-electron chi connectivity index (χ0n) is 11.3. The summed E-state index contributed by atoms with van der Waals surface area (Å²) in [5.74, 6) is 0.326. The molecule has 0 spiro atoms. The van der Waals surface area contributed by atoms with Crippen molar-refractivity contribution in [3.63, 3.8) is 0 Å². The summed E-state index contributed by atoms with van der Waals surface area (Å²) in [6.45, 7) is 1.59. The van der Waals surface area contributed by atoms with Crippen LogP contribution in [0.3, 0.4) is 0 Å². The van der Waals surface area contributed by atoms with Gasteiger partial charge in [-0.05, 0) is 17.7 Å². The summed E-state index contributed by atoms with van der Waals surface area (Å²) in [4.78, 5) is 12.4. The highest BCUT2D eigenvalue weighted by atomic mass is 16.1. The first-order chi connectivity index (χ1) is 9.84. The molecule has 1 amide bonds. The number of hydrogen-bond donors (Lipinski definition) is 2. The Kier molecular flexibility index (Phi) is 3.79. The topological polar surface area (TPSA) is 41.1 Å². The van der Waals surface area contributed by atoms with Crippen molar-refractivity contribution in [3.8, 4) is 0 Å². The molecule has 0 radical (unpaired) electrons. The number of hydrogen-bond acceptors (Lipinski definition) is 2. The Morgan fingerprint density at radius 3 is 2.30 bits per heavy atom. The van der Waals surface area contributed by atoms with E-state index in [0.717, 1.165) is 18.8 Å². The lowest BCUT2D eigenvalue weighted by atomic mass is 9.88. The van der Waals surface area contributed by atoms with Gasteiger partial charge in [0.15, 0.2) is 0 Å². The molecule has 20 heavy (non-hydrogen) atoms. The maximum Gasteiger partial charge on any atom is 0.229 e. The van der Waals surface area contributed by atoms with Gasteiger partial charge in [-0.3, -0.25) is 4.79 Å². The van der Waals surface area contributed by atoms with E-state index in [1.165, 1.54) is 5.56 Å². The van der Waals surface area contributed by atoms with E-state index in [4.69, 9.17) is 0 Å². The van der Waals surface area contributed by atoms with Crippen LogP contribution in [0.4, 0.5) is 5.69 Å². The second-order valence-corrected chi connectivity index (χ2v) is 5.14. The first-order valence-electron chi connectivity index (χ1n) is 6.96. The van der Waals surface area contributed by atoms with Crippen LogP contribution < -0.4 is 10.6 Å². The minimum atomic E-state index is -0.0161. The van der Waals surface area contributed by atoms with E-state index in [1.54, 1.807) is 0 Å². The highest BCUT2D eigenvalue weighted by molar-refractivity contribution is 5.93. The molecule has 1 aliphatic heterocycles.